The molecule has 2 nitrogen and oxygen atoms in total. The van der Waals surface area contributed by atoms with Gasteiger partial charge in [-0.1, -0.05) is 0 Å². The highest BCUT2D eigenvalue weighted by Crippen LogP contribution is 2.22. The molecule has 0 aliphatic rings. The Morgan fingerprint density at radius 1 is 1.50 bits per heavy atom. The van der Waals surface area contributed by atoms with Crippen LogP contribution in [0.4, 0.5) is 0 Å². The van der Waals surface area contributed by atoms with E-state index in [1.807, 2.05) is 18.4 Å². The average molecular weight is 306 g/mol. The maximum Gasteiger partial charge on any atom is 0.0543 e. The Labute approximate surface area is 111 Å². The zero-order valence-corrected chi connectivity index (χ0v) is 12.5. The normalized spacial score (nSPS) is 15.0. The van der Waals surface area contributed by atoms with Gasteiger partial charge in [0.1, 0.15) is 0 Å². The van der Waals surface area contributed by atoms with Gasteiger partial charge >= 0.3 is 0 Å². The standard InChI is InChI=1S/C12H20BrNOS/c1-9(15-3)4-5-11(14-2)7-12-6-10(13)8-16-12/h6,8-9,11,14H,4-5,7H2,1-3H3. The summed E-state index contributed by atoms with van der Waals surface area (Å²) in [5, 5.41) is 5.51. The number of thiophene rings is 1. The van der Waals surface area contributed by atoms with Crippen LogP contribution < -0.4 is 5.32 Å². The molecule has 2 unspecified atom stereocenters. The lowest BCUT2D eigenvalue weighted by Crippen LogP contribution is -2.28. The van der Waals surface area contributed by atoms with Crippen LogP contribution in [0.5, 0.6) is 0 Å². The number of likely N-dealkylation sites (N-methyl/N-ethyl adjacent to an activating group) is 1. The van der Waals surface area contributed by atoms with E-state index < -0.39 is 0 Å². The Bertz CT molecular complexity index is 303. The minimum absolute atomic E-state index is 0.353. The Balaban J connectivity index is 2.37. The first-order valence-electron chi connectivity index (χ1n) is 5.58. The van der Waals surface area contributed by atoms with E-state index in [9.17, 15) is 0 Å². The fourth-order valence-electron chi connectivity index (χ4n) is 1.61. The van der Waals surface area contributed by atoms with E-state index in [0.29, 0.717) is 12.1 Å². The second-order valence-corrected chi connectivity index (χ2v) is 5.96. The maximum atomic E-state index is 5.27. The molecule has 4 heteroatoms. The lowest BCUT2D eigenvalue weighted by Gasteiger charge is -2.17. The monoisotopic (exact) mass is 305 g/mol. The molecule has 16 heavy (non-hydrogen) atoms. The highest BCUT2D eigenvalue weighted by atomic mass is 79.9. The molecule has 0 aliphatic carbocycles. The lowest BCUT2D eigenvalue weighted by atomic mass is 10.1. The first-order valence-corrected chi connectivity index (χ1v) is 7.26. The molecule has 0 saturated carbocycles. The van der Waals surface area contributed by atoms with Crippen LogP contribution in [0, 0.1) is 0 Å². The first kappa shape index (κ1) is 14.2. The number of hydrogen-bond donors (Lipinski definition) is 1. The van der Waals surface area contributed by atoms with E-state index in [0.717, 1.165) is 19.3 Å². The molecule has 1 N–H and O–H groups in total. The zero-order valence-electron chi connectivity index (χ0n) is 10.1. The van der Waals surface area contributed by atoms with Gasteiger partial charge in [0, 0.05) is 27.9 Å². The Hall–Kier alpha value is 0.1000. The van der Waals surface area contributed by atoms with Crippen molar-refractivity contribution in [2.24, 2.45) is 0 Å². The van der Waals surface area contributed by atoms with Crippen LogP contribution in [0.1, 0.15) is 24.6 Å². The molecule has 1 heterocycles. The van der Waals surface area contributed by atoms with Crippen molar-refractivity contribution in [2.45, 2.75) is 38.3 Å². The van der Waals surface area contributed by atoms with Crippen LogP contribution >= 0.6 is 27.3 Å². The number of nitrogens with one attached hydrogen (secondary N) is 1. The van der Waals surface area contributed by atoms with Crippen molar-refractivity contribution in [3.63, 3.8) is 0 Å². The van der Waals surface area contributed by atoms with Gasteiger partial charge in [0.05, 0.1) is 6.10 Å². The number of rotatable bonds is 7. The zero-order chi connectivity index (χ0) is 12.0. The van der Waals surface area contributed by atoms with Crippen LogP contribution in [0.15, 0.2) is 15.9 Å². The molecule has 1 rings (SSSR count). The Morgan fingerprint density at radius 2 is 2.25 bits per heavy atom. The van der Waals surface area contributed by atoms with Gasteiger partial charge in [-0.05, 0) is 55.2 Å². The summed E-state index contributed by atoms with van der Waals surface area (Å²) < 4.78 is 6.45. The molecule has 0 spiro atoms. The van der Waals surface area contributed by atoms with E-state index in [1.54, 1.807) is 7.11 Å². The minimum atomic E-state index is 0.353. The second-order valence-electron chi connectivity index (χ2n) is 4.04. The van der Waals surface area contributed by atoms with E-state index >= 15 is 0 Å². The molecule has 0 fully saturated rings. The van der Waals surface area contributed by atoms with Gasteiger partial charge in [-0.3, -0.25) is 0 Å². The van der Waals surface area contributed by atoms with E-state index in [1.165, 1.54) is 9.35 Å². The first-order chi connectivity index (χ1) is 7.65. The third-order valence-electron chi connectivity index (χ3n) is 2.80. The number of methoxy groups -OCH3 is 1. The molecule has 92 valence electrons. The van der Waals surface area contributed by atoms with E-state index in [-0.39, 0.29) is 0 Å². The van der Waals surface area contributed by atoms with Gasteiger partial charge < -0.3 is 10.1 Å². The average Bonchev–Trinajstić information content (AvgIpc) is 2.69. The van der Waals surface area contributed by atoms with Gasteiger partial charge in [0.25, 0.3) is 0 Å². The topological polar surface area (TPSA) is 21.3 Å². The smallest absolute Gasteiger partial charge is 0.0543 e. The third kappa shape index (κ3) is 4.95. The second kappa shape index (κ2) is 7.43. The third-order valence-corrected chi connectivity index (χ3v) is 4.52. The van der Waals surface area contributed by atoms with Crippen molar-refractivity contribution >= 4 is 27.3 Å². The molecule has 2 atom stereocenters. The predicted molar refractivity (Wildman–Crippen MR) is 74.3 cm³/mol. The summed E-state index contributed by atoms with van der Waals surface area (Å²) in [6.07, 6.45) is 3.71. The van der Waals surface area contributed by atoms with Crippen LogP contribution in [-0.4, -0.2) is 26.3 Å². The number of halogens is 1. The van der Waals surface area contributed by atoms with Gasteiger partial charge in [0.15, 0.2) is 0 Å². The van der Waals surface area contributed by atoms with Gasteiger partial charge in [0.2, 0.25) is 0 Å². The summed E-state index contributed by atoms with van der Waals surface area (Å²) in [5.41, 5.74) is 0. The number of ether oxygens (including phenoxy) is 1. The SMILES string of the molecule is CNC(CCC(C)OC)Cc1cc(Br)cs1. The van der Waals surface area contributed by atoms with Crippen LogP contribution in [0.25, 0.3) is 0 Å². The minimum Gasteiger partial charge on any atom is -0.382 e. The van der Waals surface area contributed by atoms with Crippen molar-refractivity contribution in [3.8, 4) is 0 Å². The highest BCUT2D eigenvalue weighted by molar-refractivity contribution is 9.10. The van der Waals surface area contributed by atoms with Crippen molar-refractivity contribution in [2.75, 3.05) is 14.2 Å². The van der Waals surface area contributed by atoms with Crippen molar-refractivity contribution in [1.29, 1.82) is 0 Å². The molecule has 0 saturated heterocycles. The molecular formula is C12H20BrNOS. The predicted octanol–water partition coefficient (Wildman–Crippen LogP) is 3.46. The lowest BCUT2D eigenvalue weighted by molar-refractivity contribution is 0.106. The summed E-state index contributed by atoms with van der Waals surface area (Å²) >= 11 is 5.30. The molecule has 1 aromatic heterocycles. The largest absolute Gasteiger partial charge is 0.382 e. The summed E-state index contributed by atoms with van der Waals surface area (Å²) in [6.45, 7) is 2.12. The molecular weight excluding hydrogens is 286 g/mol. The van der Waals surface area contributed by atoms with Gasteiger partial charge in [-0.25, -0.2) is 0 Å². The summed E-state index contributed by atoms with van der Waals surface area (Å²) in [7, 11) is 3.81. The van der Waals surface area contributed by atoms with E-state index in [4.69, 9.17) is 4.74 Å². The summed E-state index contributed by atoms with van der Waals surface area (Å²) in [5.74, 6) is 0. The van der Waals surface area contributed by atoms with Crippen molar-refractivity contribution in [3.05, 3.63) is 20.8 Å². The summed E-state index contributed by atoms with van der Waals surface area (Å²) in [6, 6.07) is 2.75. The molecule has 0 bridgehead atoms. The van der Waals surface area contributed by atoms with Crippen LogP contribution in [-0.2, 0) is 11.2 Å². The van der Waals surface area contributed by atoms with Gasteiger partial charge in [-0.2, -0.15) is 0 Å². The molecule has 0 radical (unpaired) electrons. The maximum absolute atomic E-state index is 5.27. The fraction of sp³-hybridized carbons (Fsp3) is 0.667. The molecule has 0 aliphatic heterocycles. The van der Waals surface area contributed by atoms with Crippen molar-refractivity contribution in [1.82, 2.24) is 5.32 Å². The number of hydrogen-bond acceptors (Lipinski definition) is 3. The summed E-state index contributed by atoms with van der Waals surface area (Å²) in [4.78, 5) is 1.43. The van der Waals surface area contributed by atoms with Crippen molar-refractivity contribution < 1.29 is 4.74 Å². The Morgan fingerprint density at radius 3 is 2.75 bits per heavy atom. The molecule has 0 amide bonds. The molecule has 0 aromatic carbocycles. The van der Waals surface area contributed by atoms with Crippen LogP contribution in [0.2, 0.25) is 0 Å². The van der Waals surface area contributed by atoms with Gasteiger partial charge in [-0.15, -0.1) is 11.3 Å². The van der Waals surface area contributed by atoms with E-state index in [2.05, 4.69) is 39.6 Å². The fourth-order valence-corrected chi connectivity index (χ4v) is 3.14. The van der Waals surface area contributed by atoms with Crippen LogP contribution in [0.3, 0.4) is 0 Å². The Kier molecular flexibility index (Phi) is 6.58. The quantitative estimate of drug-likeness (QED) is 0.833. The molecule has 1 aromatic rings. The highest BCUT2D eigenvalue weighted by Gasteiger charge is 2.10.